The van der Waals surface area contributed by atoms with E-state index in [9.17, 15) is 9.90 Å². The Kier molecular flexibility index (Phi) is 5.42. The molecule has 1 aromatic rings. The van der Waals surface area contributed by atoms with Gasteiger partial charge in [0.1, 0.15) is 5.60 Å². The van der Waals surface area contributed by atoms with Gasteiger partial charge < -0.3 is 9.84 Å². The number of aliphatic hydroxyl groups excluding tert-OH is 1. The molecular weight excluding hydrogens is 256 g/mol. The molecule has 0 atom stereocenters. The normalized spacial score (nSPS) is 11.8. The monoisotopic (exact) mass is 274 g/mol. The van der Waals surface area contributed by atoms with Gasteiger partial charge in [-0.05, 0) is 38.5 Å². The van der Waals surface area contributed by atoms with E-state index in [-0.39, 0.29) is 6.61 Å². The van der Waals surface area contributed by atoms with E-state index in [4.69, 9.17) is 10.00 Å². The molecule has 5 nitrogen and oxygen atoms in total. The average molecular weight is 274 g/mol. The molecule has 0 unspecified atom stereocenters. The molecule has 0 bridgehead atoms. The Labute approximate surface area is 118 Å². The number of carbonyl (C=O) groups excluding carboxylic acids is 1. The van der Waals surface area contributed by atoms with E-state index in [2.05, 4.69) is 4.99 Å². The van der Waals surface area contributed by atoms with Crippen LogP contribution in [0.1, 0.15) is 31.9 Å². The summed E-state index contributed by atoms with van der Waals surface area (Å²) in [6.45, 7) is 4.93. The van der Waals surface area contributed by atoms with Crippen LogP contribution in [-0.4, -0.2) is 29.1 Å². The van der Waals surface area contributed by atoms with Gasteiger partial charge in [-0.3, -0.25) is 0 Å². The molecule has 20 heavy (non-hydrogen) atoms. The van der Waals surface area contributed by atoms with E-state index in [1.165, 1.54) is 0 Å². The highest BCUT2D eigenvalue weighted by molar-refractivity contribution is 5.95. The quantitative estimate of drug-likeness (QED) is 0.858. The Morgan fingerprint density at radius 1 is 1.35 bits per heavy atom. The van der Waals surface area contributed by atoms with E-state index < -0.39 is 11.7 Å². The molecular formula is C15H18N2O3. The lowest BCUT2D eigenvalue weighted by Gasteiger charge is -2.17. The minimum absolute atomic E-state index is 0.320. The molecule has 0 heterocycles. The Hall–Kier alpha value is -2.19. The van der Waals surface area contributed by atoms with Crippen LogP contribution in [-0.2, 0) is 11.2 Å². The van der Waals surface area contributed by atoms with Crippen molar-refractivity contribution >= 4 is 11.8 Å². The van der Waals surface area contributed by atoms with Crippen molar-refractivity contribution in [3.05, 3.63) is 35.4 Å². The first-order valence-electron chi connectivity index (χ1n) is 6.23. The van der Waals surface area contributed by atoms with Crippen molar-refractivity contribution in [3.63, 3.8) is 0 Å². The highest BCUT2D eigenvalue weighted by Gasteiger charge is 2.16. The Morgan fingerprint density at radius 2 is 1.95 bits per heavy atom. The maximum Gasteiger partial charge on any atom is 0.434 e. The lowest BCUT2D eigenvalue weighted by molar-refractivity contribution is 0.0603. The fourth-order valence-corrected chi connectivity index (χ4v) is 1.48. The molecule has 5 heteroatoms. The van der Waals surface area contributed by atoms with Crippen molar-refractivity contribution in [2.75, 3.05) is 6.61 Å². The van der Waals surface area contributed by atoms with E-state index in [0.717, 1.165) is 5.56 Å². The Bertz CT molecular complexity index is 534. The van der Waals surface area contributed by atoms with E-state index in [1.54, 1.807) is 45.0 Å². The zero-order valence-corrected chi connectivity index (χ0v) is 11.9. The summed E-state index contributed by atoms with van der Waals surface area (Å²) in [5.41, 5.74) is 1.13. The van der Waals surface area contributed by atoms with Crippen molar-refractivity contribution in [2.24, 2.45) is 4.99 Å². The van der Waals surface area contributed by atoms with Crippen LogP contribution >= 0.6 is 0 Å². The predicted octanol–water partition coefficient (Wildman–Crippen LogP) is 2.47. The SMILES string of the molecule is CC(C)(C)OC(=O)/N=C(\CO)Cc1ccc(C#N)cc1. The van der Waals surface area contributed by atoms with Gasteiger partial charge in [0.25, 0.3) is 0 Å². The summed E-state index contributed by atoms with van der Waals surface area (Å²) < 4.78 is 5.06. The number of amides is 1. The number of rotatable bonds is 3. The lowest BCUT2D eigenvalue weighted by Crippen LogP contribution is -2.23. The summed E-state index contributed by atoms with van der Waals surface area (Å²) in [7, 11) is 0. The van der Waals surface area contributed by atoms with Gasteiger partial charge in [0.15, 0.2) is 0 Å². The topological polar surface area (TPSA) is 82.7 Å². The molecule has 1 amide bonds. The third-order valence-electron chi connectivity index (χ3n) is 2.32. The fourth-order valence-electron chi connectivity index (χ4n) is 1.48. The summed E-state index contributed by atoms with van der Waals surface area (Å²) >= 11 is 0. The second kappa shape index (κ2) is 6.83. The van der Waals surface area contributed by atoms with Crippen LogP contribution in [0.25, 0.3) is 0 Å². The first-order chi connectivity index (χ1) is 9.34. The first-order valence-corrected chi connectivity index (χ1v) is 6.23. The van der Waals surface area contributed by atoms with Crippen LogP contribution in [0.15, 0.2) is 29.3 Å². The third-order valence-corrected chi connectivity index (χ3v) is 2.32. The van der Waals surface area contributed by atoms with Gasteiger partial charge in [-0.15, -0.1) is 0 Å². The second-order valence-corrected chi connectivity index (χ2v) is 5.30. The second-order valence-electron chi connectivity index (χ2n) is 5.30. The molecule has 0 aliphatic heterocycles. The number of hydrogen-bond acceptors (Lipinski definition) is 4. The van der Waals surface area contributed by atoms with Crippen LogP contribution in [0.5, 0.6) is 0 Å². The van der Waals surface area contributed by atoms with Crippen LogP contribution in [0, 0.1) is 11.3 Å². The molecule has 0 saturated carbocycles. The fraction of sp³-hybridized carbons (Fsp3) is 0.400. The number of nitrogens with zero attached hydrogens (tertiary/aromatic N) is 2. The first kappa shape index (κ1) is 15.9. The van der Waals surface area contributed by atoms with Crippen molar-refractivity contribution in [1.82, 2.24) is 0 Å². The van der Waals surface area contributed by atoms with E-state index in [1.807, 2.05) is 6.07 Å². The number of nitriles is 1. The van der Waals surface area contributed by atoms with Gasteiger partial charge in [-0.2, -0.15) is 10.3 Å². The van der Waals surface area contributed by atoms with Crippen molar-refractivity contribution in [3.8, 4) is 6.07 Å². The smallest absolute Gasteiger partial charge is 0.434 e. The molecule has 0 aromatic heterocycles. The van der Waals surface area contributed by atoms with Crippen LogP contribution in [0.3, 0.4) is 0 Å². The van der Waals surface area contributed by atoms with E-state index in [0.29, 0.717) is 17.7 Å². The molecule has 106 valence electrons. The summed E-state index contributed by atoms with van der Waals surface area (Å²) in [5, 5.41) is 18.0. The molecule has 1 aromatic carbocycles. The molecule has 1 rings (SSSR count). The minimum Gasteiger partial charge on any atom is -0.442 e. The zero-order chi connectivity index (χ0) is 15.2. The molecule has 0 fully saturated rings. The Morgan fingerprint density at radius 3 is 2.40 bits per heavy atom. The molecule has 0 spiro atoms. The number of aliphatic imine (C=N–C) groups is 1. The minimum atomic E-state index is -0.713. The third kappa shape index (κ3) is 5.63. The maximum atomic E-state index is 11.6. The summed E-state index contributed by atoms with van der Waals surface area (Å²) in [6, 6.07) is 8.91. The highest BCUT2D eigenvalue weighted by atomic mass is 16.6. The number of aliphatic hydroxyl groups is 1. The van der Waals surface area contributed by atoms with Gasteiger partial charge in [-0.1, -0.05) is 12.1 Å². The van der Waals surface area contributed by atoms with Gasteiger partial charge in [0, 0.05) is 6.42 Å². The van der Waals surface area contributed by atoms with Gasteiger partial charge in [0.05, 0.1) is 24.0 Å². The number of hydrogen-bond donors (Lipinski definition) is 1. The highest BCUT2D eigenvalue weighted by Crippen LogP contribution is 2.09. The molecule has 0 radical (unpaired) electrons. The summed E-state index contributed by atoms with van der Waals surface area (Å²) in [6.07, 6.45) is -0.378. The van der Waals surface area contributed by atoms with Crippen molar-refractivity contribution in [2.45, 2.75) is 32.8 Å². The number of carbonyl (C=O) groups is 1. The van der Waals surface area contributed by atoms with Gasteiger partial charge in [0.2, 0.25) is 0 Å². The zero-order valence-electron chi connectivity index (χ0n) is 11.9. The predicted molar refractivity (Wildman–Crippen MR) is 75.6 cm³/mol. The van der Waals surface area contributed by atoms with Gasteiger partial charge >= 0.3 is 6.09 Å². The summed E-state index contributed by atoms with van der Waals surface area (Å²) in [5.74, 6) is 0. The molecule has 0 aliphatic carbocycles. The van der Waals surface area contributed by atoms with Crippen LogP contribution < -0.4 is 0 Å². The molecule has 0 saturated heterocycles. The number of benzene rings is 1. The van der Waals surface area contributed by atoms with Gasteiger partial charge in [-0.25, -0.2) is 4.79 Å². The average Bonchev–Trinajstić information content (AvgIpc) is 2.36. The maximum absolute atomic E-state index is 11.6. The molecule has 1 N–H and O–H groups in total. The standard InChI is InChI=1S/C15H18N2O3/c1-15(2,3)20-14(19)17-13(10-18)8-11-4-6-12(9-16)7-5-11/h4-7,18H,8,10H2,1-3H3/b17-13-. The Balaban J connectivity index is 2.75. The van der Waals surface area contributed by atoms with Crippen LogP contribution in [0.4, 0.5) is 4.79 Å². The largest absolute Gasteiger partial charge is 0.442 e. The summed E-state index contributed by atoms with van der Waals surface area (Å²) in [4.78, 5) is 15.3. The van der Waals surface area contributed by atoms with Crippen LogP contribution in [0.2, 0.25) is 0 Å². The van der Waals surface area contributed by atoms with E-state index >= 15 is 0 Å². The molecule has 0 aliphatic rings. The lowest BCUT2D eigenvalue weighted by atomic mass is 10.1. The number of ether oxygens (including phenoxy) is 1. The van der Waals surface area contributed by atoms with Crippen molar-refractivity contribution < 1.29 is 14.6 Å². The van der Waals surface area contributed by atoms with Crippen molar-refractivity contribution in [1.29, 1.82) is 5.26 Å².